The van der Waals surface area contributed by atoms with Crippen molar-refractivity contribution in [1.29, 1.82) is 0 Å². The number of carbonyl (C=O) groups excluding carboxylic acids is 1. The third-order valence-corrected chi connectivity index (χ3v) is 3.20. The van der Waals surface area contributed by atoms with Gasteiger partial charge in [-0.25, -0.2) is 0 Å². The Morgan fingerprint density at radius 1 is 1.09 bits per heavy atom. The zero-order valence-electron chi connectivity index (χ0n) is 12.7. The van der Waals surface area contributed by atoms with Crippen molar-refractivity contribution >= 4 is 17.5 Å². The van der Waals surface area contributed by atoms with Crippen LogP contribution in [0.5, 0.6) is 11.5 Å². The zero-order chi connectivity index (χ0) is 16.8. The number of rotatable bonds is 6. The predicted octanol–water partition coefficient (Wildman–Crippen LogP) is 3.51. The van der Waals surface area contributed by atoms with Gasteiger partial charge in [0.1, 0.15) is 5.75 Å². The second kappa shape index (κ2) is 7.22. The van der Waals surface area contributed by atoms with Gasteiger partial charge >= 0.3 is 5.69 Å². The van der Waals surface area contributed by atoms with Crippen molar-refractivity contribution in [2.45, 2.75) is 0 Å². The summed E-state index contributed by atoms with van der Waals surface area (Å²) in [6.07, 6.45) is 2.90. The van der Waals surface area contributed by atoms with Gasteiger partial charge < -0.3 is 9.47 Å². The van der Waals surface area contributed by atoms with Crippen LogP contribution in [-0.4, -0.2) is 24.9 Å². The van der Waals surface area contributed by atoms with Crippen molar-refractivity contribution in [3.8, 4) is 11.5 Å². The van der Waals surface area contributed by atoms with Gasteiger partial charge in [-0.05, 0) is 42.0 Å². The molecular weight excluding hydrogens is 298 g/mol. The fourth-order valence-corrected chi connectivity index (χ4v) is 1.98. The normalized spacial score (nSPS) is 10.5. The number of nitrogens with zero attached hydrogens (tertiary/aromatic N) is 1. The second-order valence-electron chi connectivity index (χ2n) is 4.61. The van der Waals surface area contributed by atoms with E-state index < -0.39 is 4.92 Å². The first-order valence-electron chi connectivity index (χ1n) is 6.74. The summed E-state index contributed by atoms with van der Waals surface area (Å²) in [4.78, 5) is 22.5. The van der Waals surface area contributed by atoms with E-state index in [1.165, 1.54) is 31.4 Å². The highest BCUT2D eigenvalue weighted by Crippen LogP contribution is 2.28. The Labute approximate surface area is 133 Å². The number of hydrogen-bond donors (Lipinski definition) is 0. The molecular formula is C17H15NO5. The fourth-order valence-electron chi connectivity index (χ4n) is 1.98. The van der Waals surface area contributed by atoms with E-state index in [0.717, 1.165) is 0 Å². The van der Waals surface area contributed by atoms with Crippen LogP contribution in [0.4, 0.5) is 5.69 Å². The van der Waals surface area contributed by atoms with E-state index in [-0.39, 0.29) is 17.2 Å². The SMILES string of the molecule is COc1ccc(C(=O)C=Cc2ccc(OC)c([N+](=O)[O-])c2)cc1. The number of nitro benzene ring substituents is 1. The zero-order valence-corrected chi connectivity index (χ0v) is 12.7. The third-order valence-electron chi connectivity index (χ3n) is 3.20. The largest absolute Gasteiger partial charge is 0.497 e. The van der Waals surface area contributed by atoms with E-state index in [0.29, 0.717) is 16.9 Å². The number of carbonyl (C=O) groups is 1. The molecule has 2 rings (SSSR count). The molecule has 0 unspecified atom stereocenters. The van der Waals surface area contributed by atoms with E-state index in [4.69, 9.17) is 9.47 Å². The van der Waals surface area contributed by atoms with Gasteiger partial charge in [-0.3, -0.25) is 14.9 Å². The van der Waals surface area contributed by atoms with Gasteiger partial charge in [-0.1, -0.05) is 12.1 Å². The van der Waals surface area contributed by atoms with E-state index in [2.05, 4.69) is 0 Å². The summed E-state index contributed by atoms with van der Waals surface area (Å²) in [5.41, 5.74) is 0.899. The molecule has 6 heteroatoms. The topological polar surface area (TPSA) is 78.7 Å². The molecule has 0 fully saturated rings. The summed E-state index contributed by atoms with van der Waals surface area (Å²) in [5, 5.41) is 11.0. The summed E-state index contributed by atoms with van der Waals surface area (Å²) < 4.78 is 9.96. The van der Waals surface area contributed by atoms with Gasteiger partial charge in [0.15, 0.2) is 11.5 Å². The number of hydrogen-bond acceptors (Lipinski definition) is 5. The van der Waals surface area contributed by atoms with Gasteiger partial charge in [0.25, 0.3) is 0 Å². The first kappa shape index (κ1) is 16.2. The molecule has 0 heterocycles. The molecule has 0 N–H and O–H groups in total. The van der Waals surface area contributed by atoms with Crippen LogP contribution in [0.15, 0.2) is 48.5 Å². The maximum absolute atomic E-state index is 12.1. The monoisotopic (exact) mass is 313 g/mol. The van der Waals surface area contributed by atoms with Crippen molar-refractivity contribution in [3.05, 3.63) is 69.8 Å². The molecule has 6 nitrogen and oxygen atoms in total. The van der Waals surface area contributed by atoms with Gasteiger partial charge in [0, 0.05) is 11.6 Å². The Bertz CT molecular complexity index is 750. The molecule has 23 heavy (non-hydrogen) atoms. The number of methoxy groups -OCH3 is 2. The molecule has 0 aliphatic rings. The van der Waals surface area contributed by atoms with Crippen molar-refractivity contribution in [1.82, 2.24) is 0 Å². The molecule has 0 amide bonds. The minimum Gasteiger partial charge on any atom is -0.497 e. The highest BCUT2D eigenvalue weighted by molar-refractivity contribution is 6.06. The van der Waals surface area contributed by atoms with E-state index in [1.54, 1.807) is 37.4 Å². The second-order valence-corrected chi connectivity index (χ2v) is 4.61. The first-order chi connectivity index (χ1) is 11.0. The molecule has 118 valence electrons. The molecule has 0 aromatic heterocycles. The lowest BCUT2D eigenvalue weighted by molar-refractivity contribution is -0.385. The third kappa shape index (κ3) is 3.94. The smallest absolute Gasteiger partial charge is 0.311 e. The van der Waals surface area contributed by atoms with Crippen molar-refractivity contribution in [2.75, 3.05) is 14.2 Å². The minimum atomic E-state index is -0.526. The summed E-state index contributed by atoms with van der Waals surface area (Å²) in [6.45, 7) is 0. The van der Waals surface area contributed by atoms with Gasteiger partial charge in [-0.15, -0.1) is 0 Å². The Hall–Kier alpha value is -3.15. The predicted molar refractivity (Wildman–Crippen MR) is 86.0 cm³/mol. The molecule has 0 radical (unpaired) electrons. The molecule has 0 aliphatic heterocycles. The average molecular weight is 313 g/mol. The van der Waals surface area contributed by atoms with Crippen LogP contribution < -0.4 is 9.47 Å². The van der Waals surface area contributed by atoms with Crippen LogP contribution in [0.2, 0.25) is 0 Å². The lowest BCUT2D eigenvalue weighted by Crippen LogP contribution is -1.95. The lowest BCUT2D eigenvalue weighted by atomic mass is 10.1. The standard InChI is InChI=1S/C17H15NO5/c1-22-14-7-5-13(6-8-14)16(19)9-3-12-4-10-17(23-2)15(11-12)18(20)21/h3-11H,1-2H3. The Morgan fingerprint density at radius 2 is 1.78 bits per heavy atom. The van der Waals surface area contributed by atoms with Crippen LogP contribution in [0.3, 0.4) is 0 Å². The molecule has 0 bridgehead atoms. The Balaban J connectivity index is 2.20. The summed E-state index contributed by atoms with van der Waals surface area (Å²) in [5.74, 6) is 0.635. The number of ketones is 1. The van der Waals surface area contributed by atoms with E-state index in [1.807, 2.05) is 0 Å². The van der Waals surface area contributed by atoms with Crippen LogP contribution in [-0.2, 0) is 0 Å². The van der Waals surface area contributed by atoms with Crippen LogP contribution in [0.1, 0.15) is 15.9 Å². The Morgan fingerprint density at radius 3 is 2.35 bits per heavy atom. The van der Waals surface area contributed by atoms with Crippen LogP contribution >= 0.6 is 0 Å². The van der Waals surface area contributed by atoms with Crippen LogP contribution in [0, 0.1) is 10.1 Å². The number of allylic oxidation sites excluding steroid dienone is 1. The van der Waals surface area contributed by atoms with Crippen molar-refractivity contribution in [3.63, 3.8) is 0 Å². The molecule has 0 spiro atoms. The summed E-state index contributed by atoms with van der Waals surface area (Å²) in [6, 6.07) is 11.2. The molecule has 0 atom stereocenters. The molecule has 0 saturated carbocycles. The van der Waals surface area contributed by atoms with Crippen molar-refractivity contribution in [2.24, 2.45) is 0 Å². The van der Waals surface area contributed by atoms with E-state index >= 15 is 0 Å². The number of benzene rings is 2. The molecule has 2 aromatic rings. The number of nitro groups is 1. The Kier molecular flexibility index (Phi) is 5.09. The van der Waals surface area contributed by atoms with Crippen LogP contribution in [0.25, 0.3) is 6.08 Å². The highest BCUT2D eigenvalue weighted by Gasteiger charge is 2.14. The minimum absolute atomic E-state index is 0.147. The fraction of sp³-hybridized carbons (Fsp3) is 0.118. The quantitative estimate of drug-likeness (QED) is 0.353. The van der Waals surface area contributed by atoms with Gasteiger partial charge in [0.05, 0.1) is 19.1 Å². The maximum Gasteiger partial charge on any atom is 0.311 e. The molecule has 0 saturated heterocycles. The summed E-state index contributed by atoms with van der Waals surface area (Å²) >= 11 is 0. The highest BCUT2D eigenvalue weighted by atomic mass is 16.6. The molecule has 2 aromatic carbocycles. The number of ether oxygens (including phenoxy) is 2. The van der Waals surface area contributed by atoms with E-state index in [9.17, 15) is 14.9 Å². The summed E-state index contributed by atoms with van der Waals surface area (Å²) in [7, 11) is 2.92. The van der Waals surface area contributed by atoms with Gasteiger partial charge in [0.2, 0.25) is 0 Å². The first-order valence-corrected chi connectivity index (χ1v) is 6.74. The molecule has 0 aliphatic carbocycles. The maximum atomic E-state index is 12.1. The average Bonchev–Trinajstić information content (AvgIpc) is 2.59. The van der Waals surface area contributed by atoms with Gasteiger partial charge in [-0.2, -0.15) is 0 Å². The lowest BCUT2D eigenvalue weighted by Gasteiger charge is -2.02. The van der Waals surface area contributed by atoms with Crippen molar-refractivity contribution < 1.29 is 19.2 Å².